The van der Waals surface area contributed by atoms with E-state index in [2.05, 4.69) is 150 Å². The lowest BCUT2D eigenvalue weighted by molar-refractivity contribution is 1.07. The Balaban J connectivity index is 1.42. The van der Waals surface area contributed by atoms with Crippen molar-refractivity contribution in [1.29, 1.82) is 0 Å². The quantitative estimate of drug-likeness (QED) is 0.185. The first-order valence-electron chi connectivity index (χ1n) is 14.8. The maximum Gasteiger partial charge on any atom is 0.138 e. The highest BCUT2D eigenvalue weighted by molar-refractivity contribution is 6.12. The van der Waals surface area contributed by atoms with E-state index >= 15 is 0 Å². The van der Waals surface area contributed by atoms with Gasteiger partial charge in [-0.05, 0) is 65.2 Å². The largest absolute Gasteiger partial charge is 0.309 e. The number of aromatic nitrogens is 3. The molecule has 5 aromatic carbocycles. The highest BCUT2D eigenvalue weighted by Gasteiger charge is 2.18. The van der Waals surface area contributed by atoms with Gasteiger partial charge in [-0.3, -0.25) is 4.57 Å². The van der Waals surface area contributed by atoms with Crippen molar-refractivity contribution in [2.45, 2.75) is 0 Å². The van der Waals surface area contributed by atoms with E-state index in [0.29, 0.717) is 0 Å². The van der Waals surface area contributed by atoms with E-state index in [9.17, 15) is 0 Å². The third-order valence-electron chi connectivity index (χ3n) is 8.46. The molecule has 0 radical (unpaired) electrons. The molecule has 3 nitrogen and oxygen atoms in total. The van der Waals surface area contributed by atoms with Gasteiger partial charge in [-0.2, -0.15) is 0 Å². The number of allylic oxidation sites excluding steroid dienone is 4. The summed E-state index contributed by atoms with van der Waals surface area (Å²) < 4.78 is 4.66. The third kappa shape index (κ3) is 4.02. The number of fused-ring (bicyclic) bond motifs is 6. The van der Waals surface area contributed by atoms with Crippen LogP contribution < -0.4 is 0 Å². The molecule has 0 unspecified atom stereocenters. The first kappa shape index (κ1) is 25.8. The predicted octanol–water partition coefficient (Wildman–Crippen LogP) is 10.7. The molecule has 0 amide bonds. The molecule has 8 rings (SSSR count). The molecule has 0 aliphatic heterocycles. The molecule has 0 saturated heterocycles. The molecular weight excluding hydrogens is 534 g/mol. The Labute approximate surface area is 256 Å². The third-order valence-corrected chi connectivity index (χ3v) is 8.46. The van der Waals surface area contributed by atoms with Gasteiger partial charge in [0, 0.05) is 27.2 Å². The minimum Gasteiger partial charge on any atom is -0.309 e. The predicted molar refractivity (Wildman–Crippen MR) is 187 cm³/mol. The van der Waals surface area contributed by atoms with Crippen LogP contribution >= 0.6 is 0 Å². The maximum absolute atomic E-state index is 5.22. The van der Waals surface area contributed by atoms with Crippen molar-refractivity contribution in [3.05, 3.63) is 171 Å². The normalized spacial score (nSPS) is 12.0. The van der Waals surface area contributed by atoms with Crippen molar-refractivity contribution in [2.24, 2.45) is 0 Å². The summed E-state index contributed by atoms with van der Waals surface area (Å²) in [6.45, 7) is 7.98. The van der Waals surface area contributed by atoms with Crippen molar-refractivity contribution in [1.82, 2.24) is 14.1 Å². The van der Waals surface area contributed by atoms with E-state index in [0.717, 1.165) is 44.9 Å². The molecule has 0 spiro atoms. The lowest BCUT2D eigenvalue weighted by Gasteiger charge is -2.13. The van der Waals surface area contributed by atoms with Gasteiger partial charge in [-0.15, -0.1) is 0 Å². The maximum atomic E-state index is 5.22. The minimum atomic E-state index is 0.851. The van der Waals surface area contributed by atoms with Gasteiger partial charge in [0.2, 0.25) is 0 Å². The van der Waals surface area contributed by atoms with Crippen molar-refractivity contribution in [3.8, 4) is 22.6 Å². The zero-order valence-corrected chi connectivity index (χ0v) is 24.2. The molecule has 3 heterocycles. The zero-order chi connectivity index (χ0) is 29.6. The van der Waals surface area contributed by atoms with E-state index in [1.165, 1.54) is 32.6 Å². The number of benzene rings is 5. The number of para-hydroxylation sites is 3. The molecule has 3 aromatic heterocycles. The van der Waals surface area contributed by atoms with E-state index in [1.54, 1.807) is 6.08 Å². The second kappa shape index (κ2) is 10.4. The average molecular weight is 564 g/mol. The molecule has 0 saturated carbocycles. The molecule has 8 aromatic rings. The molecule has 0 aliphatic carbocycles. The molecule has 44 heavy (non-hydrogen) atoms. The lowest BCUT2D eigenvalue weighted by Crippen LogP contribution is -2.01. The van der Waals surface area contributed by atoms with Gasteiger partial charge in [0.15, 0.2) is 0 Å². The fourth-order valence-corrected chi connectivity index (χ4v) is 6.51. The molecular formula is C41H29N3. The molecule has 0 N–H and O–H groups in total. The van der Waals surface area contributed by atoms with Crippen molar-refractivity contribution < 1.29 is 0 Å². The van der Waals surface area contributed by atoms with Crippen LogP contribution in [-0.4, -0.2) is 14.1 Å². The lowest BCUT2D eigenvalue weighted by atomic mass is 10.0. The average Bonchev–Trinajstić information content (AvgIpc) is 3.60. The topological polar surface area (TPSA) is 22.8 Å². The molecule has 3 heteroatoms. The highest BCUT2D eigenvalue weighted by atomic mass is 15.1. The van der Waals surface area contributed by atoms with E-state index in [1.807, 2.05) is 18.2 Å². The summed E-state index contributed by atoms with van der Waals surface area (Å²) in [6.07, 6.45) is 5.58. The SMILES string of the molecule is C=CC=C(C=C)c1cc(-c2ccccc2)cc(-n2c3ccccc3c3cc(-n4c5ccccc5c5ccccc54)ccc32)n1. The minimum absolute atomic E-state index is 0.851. The second-order valence-corrected chi connectivity index (χ2v) is 11.0. The molecule has 208 valence electrons. The van der Waals surface area contributed by atoms with E-state index in [-0.39, 0.29) is 0 Å². The fraction of sp³-hybridized carbons (Fsp3) is 0. The number of nitrogens with zero attached hydrogens (tertiary/aromatic N) is 3. The standard InChI is InChI=1S/C41H29N3/c1-3-14-28(4-2)36-25-30(29-15-6-5-7-16-29)26-41(42-36)44-39-22-13-10-19-34(39)35-27-31(23-24-40(35)44)43-37-20-11-8-17-32(37)33-18-9-12-21-38(33)43/h3-27H,1-2H2. The van der Waals surface area contributed by atoms with Gasteiger partial charge in [0.25, 0.3) is 0 Å². The summed E-state index contributed by atoms with van der Waals surface area (Å²) >= 11 is 0. The van der Waals surface area contributed by atoms with Crippen LogP contribution in [0.15, 0.2) is 165 Å². The summed E-state index contributed by atoms with van der Waals surface area (Å²) in [4.78, 5) is 5.22. The Hall–Kier alpha value is -5.93. The van der Waals surface area contributed by atoms with E-state index < -0.39 is 0 Å². The van der Waals surface area contributed by atoms with Crippen LogP contribution in [0.2, 0.25) is 0 Å². The van der Waals surface area contributed by atoms with Gasteiger partial charge in [-0.1, -0.05) is 116 Å². The van der Waals surface area contributed by atoms with Gasteiger partial charge in [0.1, 0.15) is 5.82 Å². The van der Waals surface area contributed by atoms with Crippen LogP contribution in [-0.2, 0) is 0 Å². The van der Waals surface area contributed by atoms with Crippen molar-refractivity contribution in [2.75, 3.05) is 0 Å². The van der Waals surface area contributed by atoms with Crippen LogP contribution in [0.5, 0.6) is 0 Å². The fourth-order valence-electron chi connectivity index (χ4n) is 6.51. The number of hydrogen-bond acceptors (Lipinski definition) is 1. The van der Waals surface area contributed by atoms with Crippen LogP contribution in [0.1, 0.15) is 5.69 Å². The van der Waals surface area contributed by atoms with Gasteiger partial charge in [-0.25, -0.2) is 4.98 Å². The smallest absolute Gasteiger partial charge is 0.138 e. The summed E-state index contributed by atoms with van der Waals surface area (Å²) in [5.41, 5.74) is 9.74. The summed E-state index contributed by atoms with van der Waals surface area (Å²) in [5.74, 6) is 0.856. The number of pyridine rings is 1. The number of rotatable bonds is 6. The first-order chi connectivity index (χ1) is 21.7. The van der Waals surface area contributed by atoms with Crippen molar-refractivity contribution in [3.63, 3.8) is 0 Å². The highest BCUT2D eigenvalue weighted by Crippen LogP contribution is 2.37. The zero-order valence-electron chi connectivity index (χ0n) is 24.2. The van der Waals surface area contributed by atoms with E-state index in [4.69, 9.17) is 4.98 Å². The Morgan fingerprint density at radius 3 is 1.73 bits per heavy atom. The van der Waals surface area contributed by atoms with Gasteiger partial charge < -0.3 is 4.57 Å². The monoisotopic (exact) mass is 563 g/mol. The summed E-state index contributed by atoms with van der Waals surface area (Å²) in [7, 11) is 0. The Morgan fingerprint density at radius 2 is 1.09 bits per heavy atom. The van der Waals surface area contributed by atoms with Gasteiger partial charge >= 0.3 is 0 Å². The van der Waals surface area contributed by atoms with Crippen LogP contribution in [0, 0.1) is 0 Å². The first-order valence-corrected chi connectivity index (χ1v) is 14.8. The Kier molecular flexibility index (Phi) is 6.09. The molecule has 0 fully saturated rings. The molecule has 0 bridgehead atoms. The molecule has 0 aliphatic rings. The summed E-state index contributed by atoms with van der Waals surface area (Å²) in [6, 6.07) is 47.4. The Morgan fingerprint density at radius 1 is 0.523 bits per heavy atom. The van der Waals surface area contributed by atoms with Crippen molar-refractivity contribution >= 4 is 49.2 Å². The summed E-state index contributed by atoms with van der Waals surface area (Å²) in [5, 5.41) is 4.87. The van der Waals surface area contributed by atoms with Gasteiger partial charge in [0.05, 0.1) is 27.8 Å². The molecule has 0 atom stereocenters. The van der Waals surface area contributed by atoms with Crippen LogP contribution in [0.25, 0.3) is 71.8 Å². The van der Waals surface area contributed by atoms with Crippen LogP contribution in [0.3, 0.4) is 0 Å². The Bertz CT molecular complexity index is 2370. The van der Waals surface area contributed by atoms with Crippen LogP contribution in [0.4, 0.5) is 0 Å². The number of hydrogen-bond donors (Lipinski definition) is 0. The second-order valence-electron chi connectivity index (χ2n) is 11.0.